The lowest BCUT2D eigenvalue weighted by Crippen LogP contribution is -2.53. The van der Waals surface area contributed by atoms with Crippen LogP contribution in [0.5, 0.6) is 0 Å². The molecule has 0 fully saturated rings. The predicted octanol–water partition coefficient (Wildman–Crippen LogP) is 5.17. The van der Waals surface area contributed by atoms with Crippen molar-refractivity contribution < 1.29 is 18.0 Å². The fourth-order valence-corrected chi connectivity index (χ4v) is 5.09. The van der Waals surface area contributed by atoms with E-state index < -0.39 is 28.5 Å². The molecule has 0 saturated carbocycles. The van der Waals surface area contributed by atoms with Crippen LogP contribution in [0, 0.1) is 5.92 Å². The number of sulfonamides is 1. The fraction of sp³-hybridized carbons (Fsp3) is 0.310. The van der Waals surface area contributed by atoms with Crippen LogP contribution in [0.2, 0.25) is 10.0 Å². The molecule has 3 aromatic rings. The minimum atomic E-state index is -3.84. The Bertz CT molecular complexity index is 1350. The number of amides is 2. The summed E-state index contributed by atoms with van der Waals surface area (Å²) in [7, 11) is -3.84. The highest BCUT2D eigenvalue weighted by molar-refractivity contribution is 7.92. The van der Waals surface area contributed by atoms with Gasteiger partial charge in [0.15, 0.2) is 0 Å². The Hall–Kier alpha value is -3.07. The normalized spacial score (nSPS) is 12.2. The lowest BCUT2D eigenvalue weighted by Gasteiger charge is -2.33. The number of benzene rings is 3. The summed E-state index contributed by atoms with van der Waals surface area (Å²) in [4.78, 5) is 29.0. The van der Waals surface area contributed by atoms with Gasteiger partial charge >= 0.3 is 0 Å². The average molecular weight is 591 g/mol. The van der Waals surface area contributed by atoms with Gasteiger partial charge in [-0.25, -0.2) is 8.42 Å². The van der Waals surface area contributed by atoms with Gasteiger partial charge in [-0.3, -0.25) is 13.9 Å². The number of nitrogens with one attached hydrogen (secondary N) is 1. The first-order valence-corrected chi connectivity index (χ1v) is 15.1. The highest BCUT2D eigenvalue weighted by Gasteiger charge is 2.33. The van der Waals surface area contributed by atoms with Gasteiger partial charge in [0, 0.05) is 29.6 Å². The molecule has 0 saturated heterocycles. The molecule has 39 heavy (non-hydrogen) atoms. The first-order chi connectivity index (χ1) is 18.4. The SMILES string of the molecule is CC(C)CNC(=O)[C@@H](Cc1ccccc1)N(Cc1ccc(Cl)cc1)C(=O)CN(c1ccc(Cl)cc1)S(C)(=O)=O. The predicted molar refractivity (Wildman–Crippen MR) is 157 cm³/mol. The first kappa shape index (κ1) is 30.5. The van der Waals surface area contributed by atoms with Crippen LogP contribution < -0.4 is 9.62 Å². The molecule has 0 heterocycles. The number of hydrogen-bond acceptors (Lipinski definition) is 4. The molecular formula is C29H33Cl2N3O4S. The zero-order chi connectivity index (χ0) is 28.6. The van der Waals surface area contributed by atoms with Crippen LogP contribution in [0.25, 0.3) is 0 Å². The van der Waals surface area contributed by atoms with Gasteiger partial charge in [0.25, 0.3) is 0 Å². The van der Waals surface area contributed by atoms with Crippen LogP contribution in [-0.4, -0.2) is 50.5 Å². The molecular weight excluding hydrogens is 557 g/mol. The lowest BCUT2D eigenvalue weighted by atomic mass is 10.0. The fourth-order valence-electron chi connectivity index (χ4n) is 3.98. The van der Waals surface area contributed by atoms with Crippen LogP contribution in [0.1, 0.15) is 25.0 Å². The summed E-state index contributed by atoms with van der Waals surface area (Å²) >= 11 is 12.1. The Kier molecular flexibility index (Phi) is 10.8. The van der Waals surface area contributed by atoms with Crippen LogP contribution in [0.4, 0.5) is 5.69 Å². The zero-order valence-electron chi connectivity index (χ0n) is 22.2. The van der Waals surface area contributed by atoms with E-state index in [1.807, 2.05) is 44.2 Å². The molecule has 10 heteroatoms. The Morgan fingerprint density at radius 3 is 1.95 bits per heavy atom. The molecule has 3 aromatic carbocycles. The average Bonchev–Trinajstić information content (AvgIpc) is 2.89. The zero-order valence-corrected chi connectivity index (χ0v) is 24.5. The summed E-state index contributed by atoms with van der Waals surface area (Å²) in [5.41, 5.74) is 1.92. The van der Waals surface area contributed by atoms with E-state index in [-0.39, 0.29) is 24.8 Å². The van der Waals surface area contributed by atoms with Crippen molar-refractivity contribution in [1.29, 1.82) is 0 Å². The molecule has 1 atom stereocenters. The quantitative estimate of drug-likeness (QED) is 0.315. The van der Waals surface area contributed by atoms with E-state index >= 15 is 0 Å². The van der Waals surface area contributed by atoms with Gasteiger partial charge in [0.2, 0.25) is 21.8 Å². The monoisotopic (exact) mass is 589 g/mol. The standard InChI is InChI=1S/C29H33Cl2N3O4S/c1-21(2)18-32-29(36)27(17-22-7-5-4-6-8-22)33(19-23-9-11-24(30)12-10-23)28(35)20-34(39(3,37)38)26-15-13-25(31)14-16-26/h4-16,21,27H,17-20H2,1-3H3,(H,32,36)/t27-/m1/s1. The Labute approximate surface area is 240 Å². The molecule has 0 aromatic heterocycles. The third kappa shape index (κ3) is 9.27. The number of hydrogen-bond donors (Lipinski definition) is 1. The molecule has 2 amide bonds. The van der Waals surface area contributed by atoms with E-state index in [2.05, 4.69) is 5.32 Å². The van der Waals surface area contributed by atoms with Crippen molar-refractivity contribution in [3.8, 4) is 0 Å². The molecule has 0 aliphatic carbocycles. The summed E-state index contributed by atoms with van der Waals surface area (Å²) in [5.74, 6) is -0.629. The molecule has 0 spiro atoms. The molecule has 0 aliphatic heterocycles. The highest BCUT2D eigenvalue weighted by Crippen LogP contribution is 2.22. The number of halogens is 2. The van der Waals surface area contributed by atoms with Crippen molar-refractivity contribution in [2.45, 2.75) is 32.9 Å². The highest BCUT2D eigenvalue weighted by atomic mass is 35.5. The van der Waals surface area contributed by atoms with Crippen LogP contribution >= 0.6 is 23.2 Å². The van der Waals surface area contributed by atoms with Gasteiger partial charge in [-0.1, -0.05) is 79.5 Å². The topological polar surface area (TPSA) is 86.8 Å². The van der Waals surface area contributed by atoms with Gasteiger partial charge in [0.1, 0.15) is 12.6 Å². The van der Waals surface area contributed by atoms with Gasteiger partial charge in [0.05, 0.1) is 11.9 Å². The van der Waals surface area contributed by atoms with E-state index in [0.717, 1.165) is 21.7 Å². The summed E-state index contributed by atoms with van der Waals surface area (Å²) in [6.07, 6.45) is 1.29. The van der Waals surface area contributed by atoms with Crippen molar-refractivity contribution in [2.75, 3.05) is 23.7 Å². The molecule has 0 bridgehead atoms. The summed E-state index contributed by atoms with van der Waals surface area (Å²) < 4.78 is 26.6. The second-order valence-corrected chi connectivity index (χ2v) is 12.5. The third-order valence-electron chi connectivity index (χ3n) is 6.02. The minimum absolute atomic E-state index is 0.0841. The summed E-state index contributed by atoms with van der Waals surface area (Å²) in [6, 6.07) is 21.7. The van der Waals surface area contributed by atoms with Crippen molar-refractivity contribution in [2.24, 2.45) is 5.92 Å². The van der Waals surface area contributed by atoms with Gasteiger partial charge in [-0.15, -0.1) is 0 Å². The van der Waals surface area contributed by atoms with Gasteiger partial charge in [-0.2, -0.15) is 0 Å². The lowest BCUT2D eigenvalue weighted by molar-refractivity contribution is -0.140. The smallest absolute Gasteiger partial charge is 0.244 e. The maximum Gasteiger partial charge on any atom is 0.244 e. The van der Waals surface area contributed by atoms with Crippen LogP contribution in [0.3, 0.4) is 0 Å². The number of carbonyl (C=O) groups is 2. The molecule has 0 unspecified atom stereocenters. The summed E-state index contributed by atoms with van der Waals surface area (Å²) in [5, 5.41) is 3.93. The third-order valence-corrected chi connectivity index (χ3v) is 7.66. The van der Waals surface area contributed by atoms with Crippen molar-refractivity contribution >= 4 is 50.7 Å². The molecule has 3 rings (SSSR count). The maximum atomic E-state index is 14.0. The van der Waals surface area contributed by atoms with Crippen LogP contribution in [-0.2, 0) is 32.6 Å². The van der Waals surface area contributed by atoms with Crippen molar-refractivity contribution in [3.63, 3.8) is 0 Å². The van der Waals surface area contributed by atoms with E-state index in [9.17, 15) is 18.0 Å². The number of anilines is 1. The Morgan fingerprint density at radius 2 is 1.41 bits per heavy atom. The minimum Gasteiger partial charge on any atom is -0.354 e. The van der Waals surface area contributed by atoms with E-state index in [1.165, 1.54) is 17.0 Å². The Balaban J connectivity index is 2.03. The van der Waals surface area contributed by atoms with E-state index in [1.54, 1.807) is 36.4 Å². The molecule has 0 radical (unpaired) electrons. The first-order valence-electron chi connectivity index (χ1n) is 12.5. The number of nitrogens with zero attached hydrogens (tertiary/aromatic N) is 2. The summed E-state index contributed by atoms with van der Waals surface area (Å²) in [6.45, 7) is 4.00. The number of carbonyl (C=O) groups excluding carboxylic acids is 2. The van der Waals surface area contributed by atoms with Crippen molar-refractivity contribution in [1.82, 2.24) is 10.2 Å². The Morgan fingerprint density at radius 1 is 0.846 bits per heavy atom. The molecule has 1 N–H and O–H groups in total. The number of rotatable bonds is 12. The molecule has 0 aliphatic rings. The molecule has 7 nitrogen and oxygen atoms in total. The van der Waals surface area contributed by atoms with E-state index in [4.69, 9.17) is 23.2 Å². The van der Waals surface area contributed by atoms with E-state index in [0.29, 0.717) is 22.3 Å². The second kappa shape index (κ2) is 13.8. The van der Waals surface area contributed by atoms with Crippen molar-refractivity contribution in [3.05, 3.63) is 100 Å². The molecule has 208 valence electrons. The van der Waals surface area contributed by atoms with Gasteiger partial charge in [-0.05, 0) is 53.4 Å². The maximum absolute atomic E-state index is 14.0. The largest absolute Gasteiger partial charge is 0.354 e. The van der Waals surface area contributed by atoms with Crippen LogP contribution in [0.15, 0.2) is 78.9 Å². The second-order valence-electron chi connectivity index (χ2n) is 9.74. The van der Waals surface area contributed by atoms with Gasteiger partial charge < -0.3 is 10.2 Å².